The van der Waals surface area contributed by atoms with Crippen molar-refractivity contribution in [1.82, 2.24) is 10.2 Å². The Labute approximate surface area is 171 Å². The number of likely N-dealkylation sites (tertiary alicyclic amines) is 1. The fourth-order valence-corrected chi connectivity index (χ4v) is 3.98. The Bertz CT molecular complexity index is 1000. The molecule has 0 saturated carbocycles. The minimum absolute atomic E-state index is 0.0374. The van der Waals surface area contributed by atoms with E-state index in [4.69, 9.17) is 0 Å². The third kappa shape index (κ3) is 4.83. The van der Waals surface area contributed by atoms with Gasteiger partial charge in [-0.25, -0.2) is 0 Å². The van der Waals surface area contributed by atoms with Crippen LogP contribution >= 0.6 is 0 Å². The zero-order chi connectivity index (χ0) is 20.1. The Morgan fingerprint density at radius 3 is 2.48 bits per heavy atom. The van der Waals surface area contributed by atoms with Crippen LogP contribution in [-0.4, -0.2) is 29.8 Å². The van der Waals surface area contributed by atoms with E-state index in [9.17, 15) is 9.59 Å². The number of carbonyl (C=O) groups excluding carboxylic acids is 2. The summed E-state index contributed by atoms with van der Waals surface area (Å²) in [6.45, 7) is 1.76. The summed E-state index contributed by atoms with van der Waals surface area (Å²) >= 11 is 0. The number of hydrogen-bond donors (Lipinski definition) is 1. The predicted molar refractivity (Wildman–Crippen MR) is 115 cm³/mol. The van der Waals surface area contributed by atoms with Gasteiger partial charge in [-0.05, 0) is 40.8 Å². The molecule has 0 radical (unpaired) electrons. The van der Waals surface area contributed by atoms with Gasteiger partial charge in [0, 0.05) is 19.6 Å². The Balaban J connectivity index is 1.32. The van der Waals surface area contributed by atoms with Gasteiger partial charge in [-0.2, -0.15) is 0 Å². The van der Waals surface area contributed by atoms with Crippen LogP contribution in [0.5, 0.6) is 0 Å². The second-order valence-electron chi connectivity index (χ2n) is 7.74. The number of benzene rings is 3. The Kier molecular flexibility index (Phi) is 5.89. The highest BCUT2D eigenvalue weighted by molar-refractivity contribution is 5.84. The van der Waals surface area contributed by atoms with Crippen LogP contribution in [0.15, 0.2) is 72.8 Å². The predicted octanol–water partition coefficient (Wildman–Crippen LogP) is 3.94. The monoisotopic (exact) mass is 386 g/mol. The SMILES string of the molecule is O=C(NCc1ccc2ccccc2c1)C1CCCN(C(=O)Cc2ccccc2)C1. The molecule has 0 spiro atoms. The van der Waals surface area contributed by atoms with E-state index in [2.05, 4.69) is 35.6 Å². The lowest BCUT2D eigenvalue weighted by Crippen LogP contribution is -2.45. The zero-order valence-electron chi connectivity index (χ0n) is 16.5. The fraction of sp³-hybridized carbons (Fsp3) is 0.280. The van der Waals surface area contributed by atoms with Crippen molar-refractivity contribution in [3.63, 3.8) is 0 Å². The molecule has 0 aromatic heterocycles. The maximum atomic E-state index is 12.7. The van der Waals surface area contributed by atoms with Gasteiger partial charge in [0.15, 0.2) is 0 Å². The molecule has 1 atom stereocenters. The minimum atomic E-state index is -0.135. The highest BCUT2D eigenvalue weighted by Gasteiger charge is 2.28. The van der Waals surface area contributed by atoms with E-state index >= 15 is 0 Å². The molecule has 0 aliphatic carbocycles. The summed E-state index contributed by atoms with van der Waals surface area (Å²) < 4.78 is 0. The van der Waals surface area contributed by atoms with Crippen LogP contribution in [0.4, 0.5) is 0 Å². The van der Waals surface area contributed by atoms with Crippen molar-refractivity contribution in [2.24, 2.45) is 5.92 Å². The number of carbonyl (C=O) groups is 2. The molecule has 1 unspecified atom stereocenters. The van der Waals surface area contributed by atoms with E-state index in [1.807, 2.05) is 47.4 Å². The summed E-state index contributed by atoms with van der Waals surface area (Å²) in [4.78, 5) is 27.2. The number of fused-ring (bicyclic) bond motifs is 1. The third-order valence-corrected chi connectivity index (χ3v) is 5.62. The van der Waals surface area contributed by atoms with Crippen molar-refractivity contribution >= 4 is 22.6 Å². The molecule has 1 saturated heterocycles. The molecule has 4 rings (SSSR count). The third-order valence-electron chi connectivity index (χ3n) is 5.62. The van der Waals surface area contributed by atoms with Crippen molar-refractivity contribution in [1.29, 1.82) is 0 Å². The Morgan fingerprint density at radius 1 is 0.897 bits per heavy atom. The molecule has 2 amide bonds. The van der Waals surface area contributed by atoms with Crippen LogP contribution in [0.2, 0.25) is 0 Å². The molecule has 4 nitrogen and oxygen atoms in total. The summed E-state index contributed by atoms with van der Waals surface area (Å²) in [7, 11) is 0. The first-order valence-corrected chi connectivity index (χ1v) is 10.3. The van der Waals surface area contributed by atoms with Gasteiger partial charge >= 0.3 is 0 Å². The van der Waals surface area contributed by atoms with E-state index in [0.717, 1.165) is 30.5 Å². The van der Waals surface area contributed by atoms with Gasteiger partial charge in [-0.3, -0.25) is 9.59 Å². The smallest absolute Gasteiger partial charge is 0.227 e. The number of hydrogen-bond acceptors (Lipinski definition) is 2. The molecule has 1 aliphatic rings. The molecule has 4 heteroatoms. The van der Waals surface area contributed by atoms with Crippen molar-refractivity contribution in [3.05, 3.63) is 83.9 Å². The lowest BCUT2D eigenvalue weighted by molar-refractivity contribution is -0.135. The minimum Gasteiger partial charge on any atom is -0.352 e. The lowest BCUT2D eigenvalue weighted by atomic mass is 9.96. The van der Waals surface area contributed by atoms with Crippen molar-refractivity contribution in [2.75, 3.05) is 13.1 Å². The van der Waals surface area contributed by atoms with Crippen molar-refractivity contribution in [2.45, 2.75) is 25.8 Å². The normalized spacial score (nSPS) is 16.6. The maximum absolute atomic E-state index is 12.7. The largest absolute Gasteiger partial charge is 0.352 e. The van der Waals surface area contributed by atoms with Gasteiger partial charge in [0.1, 0.15) is 0 Å². The van der Waals surface area contributed by atoms with Crippen molar-refractivity contribution in [3.8, 4) is 0 Å². The first-order chi connectivity index (χ1) is 14.2. The summed E-state index contributed by atoms with van der Waals surface area (Å²) in [5, 5.41) is 5.44. The van der Waals surface area contributed by atoms with E-state index in [1.54, 1.807) is 0 Å². The van der Waals surface area contributed by atoms with Gasteiger partial charge in [-0.15, -0.1) is 0 Å². The standard InChI is InChI=1S/C25H26N2O2/c28-24(16-19-7-2-1-3-8-19)27-14-6-11-23(18-27)25(29)26-17-20-12-13-21-9-4-5-10-22(21)15-20/h1-5,7-10,12-13,15,23H,6,11,14,16-18H2,(H,26,29). The zero-order valence-corrected chi connectivity index (χ0v) is 16.5. The molecule has 3 aromatic carbocycles. The maximum Gasteiger partial charge on any atom is 0.227 e. The van der Waals surface area contributed by atoms with Crippen molar-refractivity contribution < 1.29 is 9.59 Å². The van der Waals surface area contributed by atoms with Crippen LogP contribution in [0.1, 0.15) is 24.0 Å². The summed E-state index contributed by atoms with van der Waals surface area (Å²) in [5.74, 6) is 0.00234. The van der Waals surface area contributed by atoms with E-state index in [0.29, 0.717) is 19.5 Å². The molecule has 29 heavy (non-hydrogen) atoms. The molecule has 148 valence electrons. The van der Waals surface area contributed by atoms with Gasteiger partial charge in [0.2, 0.25) is 11.8 Å². The Morgan fingerprint density at radius 2 is 1.66 bits per heavy atom. The fourth-order valence-electron chi connectivity index (χ4n) is 3.98. The second kappa shape index (κ2) is 8.91. The van der Waals surface area contributed by atoms with Gasteiger partial charge in [-0.1, -0.05) is 66.7 Å². The van der Waals surface area contributed by atoms with E-state index in [1.165, 1.54) is 10.8 Å². The molecule has 1 N–H and O–H groups in total. The molecule has 0 bridgehead atoms. The second-order valence-corrected chi connectivity index (χ2v) is 7.74. The van der Waals surface area contributed by atoms with Crippen LogP contribution < -0.4 is 5.32 Å². The molecular weight excluding hydrogens is 360 g/mol. The molecule has 1 fully saturated rings. The van der Waals surface area contributed by atoms with Gasteiger partial charge < -0.3 is 10.2 Å². The molecular formula is C25H26N2O2. The number of amides is 2. The molecule has 1 aliphatic heterocycles. The number of nitrogens with zero attached hydrogens (tertiary/aromatic N) is 1. The van der Waals surface area contributed by atoms with E-state index < -0.39 is 0 Å². The summed E-state index contributed by atoms with van der Waals surface area (Å²) in [6, 6.07) is 24.2. The first-order valence-electron chi connectivity index (χ1n) is 10.3. The number of nitrogens with one attached hydrogen (secondary N) is 1. The average molecular weight is 386 g/mol. The summed E-state index contributed by atoms with van der Waals surface area (Å²) in [6.07, 6.45) is 2.10. The topological polar surface area (TPSA) is 49.4 Å². The summed E-state index contributed by atoms with van der Waals surface area (Å²) in [5.41, 5.74) is 2.10. The highest BCUT2D eigenvalue weighted by atomic mass is 16.2. The van der Waals surface area contributed by atoms with E-state index in [-0.39, 0.29) is 17.7 Å². The quantitative estimate of drug-likeness (QED) is 0.722. The van der Waals surface area contributed by atoms with Crippen LogP contribution in [-0.2, 0) is 22.6 Å². The lowest BCUT2D eigenvalue weighted by Gasteiger charge is -2.32. The first kappa shape index (κ1) is 19.2. The van der Waals surface area contributed by atoms with Crippen LogP contribution in [0.25, 0.3) is 10.8 Å². The molecule has 1 heterocycles. The van der Waals surface area contributed by atoms with Crippen LogP contribution in [0.3, 0.4) is 0 Å². The molecule has 3 aromatic rings. The van der Waals surface area contributed by atoms with Gasteiger partial charge in [0.05, 0.1) is 12.3 Å². The Hall–Kier alpha value is -3.14. The highest BCUT2D eigenvalue weighted by Crippen LogP contribution is 2.19. The number of piperidine rings is 1. The number of rotatable bonds is 5. The average Bonchev–Trinajstić information content (AvgIpc) is 2.78. The van der Waals surface area contributed by atoms with Gasteiger partial charge in [0.25, 0.3) is 0 Å². The van der Waals surface area contributed by atoms with Crippen LogP contribution in [0, 0.1) is 5.92 Å².